The second-order valence-electron chi connectivity index (χ2n) is 7.43. The summed E-state index contributed by atoms with van der Waals surface area (Å²) in [4.78, 5) is 20.5. The third-order valence-corrected chi connectivity index (χ3v) is 6.64. The summed E-state index contributed by atoms with van der Waals surface area (Å²) >= 11 is 3.21. The van der Waals surface area contributed by atoms with Gasteiger partial charge >= 0.3 is 0 Å². The van der Waals surface area contributed by atoms with Crippen LogP contribution in [0.15, 0.2) is 64.3 Å². The van der Waals surface area contributed by atoms with E-state index in [0.717, 1.165) is 40.8 Å². The number of hydrogen-bond acceptors (Lipinski definition) is 6. The summed E-state index contributed by atoms with van der Waals surface area (Å²) in [5, 5.41) is 5.07. The van der Waals surface area contributed by atoms with Crippen LogP contribution in [0.2, 0.25) is 0 Å². The van der Waals surface area contributed by atoms with Crippen LogP contribution in [0.3, 0.4) is 0 Å². The summed E-state index contributed by atoms with van der Waals surface area (Å²) in [6.45, 7) is 5.95. The standard InChI is InChI=1S/C23H25N3O2S2/c1-16-11-26(12-17(2)28-16)20-9-7-18(8-10-20)25-23(27)21-5-3-4-6-22(21)30-14-19-13-29-15-24-19/h3-10,13,15-17H,11-12,14H2,1-2H3,(H,25,27). The van der Waals surface area contributed by atoms with Crippen molar-refractivity contribution in [3.05, 3.63) is 70.7 Å². The Kier molecular flexibility index (Phi) is 6.72. The third kappa shape index (κ3) is 5.22. The molecule has 0 bridgehead atoms. The number of aromatic nitrogens is 1. The summed E-state index contributed by atoms with van der Waals surface area (Å²) in [6.07, 6.45) is 0.429. The fourth-order valence-electron chi connectivity index (χ4n) is 3.58. The van der Waals surface area contributed by atoms with Gasteiger partial charge < -0.3 is 15.0 Å². The summed E-state index contributed by atoms with van der Waals surface area (Å²) < 4.78 is 5.81. The van der Waals surface area contributed by atoms with Crippen molar-refractivity contribution in [3.63, 3.8) is 0 Å². The average molecular weight is 440 g/mol. The highest BCUT2D eigenvalue weighted by Gasteiger charge is 2.22. The topological polar surface area (TPSA) is 54.5 Å². The SMILES string of the molecule is CC1CN(c2ccc(NC(=O)c3ccccc3SCc3cscn3)cc2)CC(C)O1. The first-order valence-corrected chi connectivity index (χ1v) is 11.9. The molecule has 1 fully saturated rings. The van der Waals surface area contributed by atoms with Gasteiger partial charge in [-0.15, -0.1) is 23.1 Å². The molecule has 30 heavy (non-hydrogen) atoms. The molecule has 2 atom stereocenters. The van der Waals surface area contributed by atoms with Crippen LogP contribution in [-0.2, 0) is 10.5 Å². The van der Waals surface area contributed by atoms with E-state index in [1.807, 2.05) is 47.3 Å². The highest BCUT2D eigenvalue weighted by molar-refractivity contribution is 7.98. The van der Waals surface area contributed by atoms with Crippen molar-refractivity contribution in [3.8, 4) is 0 Å². The number of hydrogen-bond donors (Lipinski definition) is 1. The number of benzene rings is 2. The van der Waals surface area contributed by atoms with Gasteiger partial charge in [-0.1, -0.05) is 12.1 Å². The highest BCUT2D eigenvalue weighted by Crippen LogP contribution is 2.27. The highest BCUT2D eigenvalue weighted by atomic mass is 32.2. The zero-order chi connectivity index (χ0) is 20.9. The molecule has 1 aliphatic rings. The first-order valence-electron chi connectivity index (χ1n) is 9.99. The van der Waals surface area contributed by atoms with Gasteiger partial charge in [0.05, 0.1) is 29.0 Å². The van der Waals surface area contributed by atoms with Crippen LogP contribution in [0.1, 0.15) is 29.9 Å². The van der Waals surface area contributed by atoms with Gasteiger partial charge in [0.25, 0.3) is 5.91 Å². The Bertz CT molecular complexity index is 966. The summed E-state index contributed by atoms with van der Waals surface area (Å²) in [7, 11) is 0. The second kappa shape index (κ2) is 9.64. The maximum absolute atomic E-state index is 12.9. The van der Waals surface area contributed by atoms with E-state index >= 15 is 0 Å². The first-order chi connectivity index (χ1) is 14.6. The molecule has 1 saturated heterocycles. The van der Waals surface area contributed by atoms with Crippen molar-refractivity contribution in [2.24, 2.45) is 0 Å². The molecular formula is C23H25N3O2S2. The Labute approximate surface area is 185 Å². The van der Waals surface area contributed by atoms with E-state index in [4.69, 9.17) is 4.74 Å². The van der Waals surface area contributed by atoms with E-state index < -0.39 is 0 Å². The predicted molar refractivity (Wildman–Crippen MR) is 125 cm³/mol. The molecule has 0 radical (unpaired) electrons. The smallest absolute Gasteiger partial charge is 0.256 e. The molecule has 0 spiro atoms. The molecule has 1 amide bonds. The lowest BCUT2D eigenvalue weighted by Gasteiger charge is -2.36. The molecule has 156 valence electrons. The summed E-state index contributed by atoms with van der Waals surface area (Å²) in [6, 6.07) is 15.7. The zero-order valence-electron chi connectivity index (χ0n) is 17.1. The number of ether oxygens (including phenoxy) is 1. The fourth-order valence-corrected chi connectivity index (χ4v) is 5.20. The second-order valence-corrected chi connectivity index (χ2v) is 9.16. The Balaban J connectivity index is 1.41. The number of morpholine rings is 1. The van der Waals surface area contributed by atoms with Gasteiger partial charge in [0.15, 0.2) is 0 Å². The molecule has 2 heterocycles. The van der Waals surface area contributed by atoms with Crippen LogP contribution in [0.4, 0.5) is 11.4 Å². The number of rotatable bonds is 6. The Hall–Kier alpha value is -2.35. The van der Waals surface area contributed by atoms with Gasteiger partial charge in [-0.3, -0.25) is 4.79 Å². The zero-order valence-corrected chi connectivity index (χ0v) is 18.7. The van der Waals surface area contributed by atoms with Crippen molar-refractivity contribution in [1.82, 2.24) is 4.98 Å². The van der Waals surface area contributed by atoms with Crippen molar-refractivity contribution >= 4 is 40.4 Å². The predicted octanol–water partition coefficient (Wildman–Crippen LogP) is 5.30. The first kappa shape index (κ1) is 20.9. The molecule has 1 aliphatic heterocycles. The van der Waals surface area contributed by atoms with Gasteiger partial charge in [0.1, 0.15) is 0 Å². The van der Waals surface area contributed by atoms with E-state index in [9.17, 15) is 4.79 Å². The minimum Gasteiger partial charge on any atom is -0.372 e. The largest absolute Gasteiger partial charge is 0.372 e. The summed E-state index contributed by atoms with van der Waals surface area (Å²) in [5.74, 6) is 0.650. The normalized spacial score (nSPS) is 18.9. The van der Waals surface area contributed by atoms with Crippen LogP contribution in [0, 0.1) is 0 Å². The minimum atomic E-state index is -0.0993. The monoisotopic (exact) mass is 439 g/mol. The lowest BCUT2D eigenvalue weighted by molar-refractivity contribution is -0.00521. The average Bonchev–Trinajstić information content (AvgIpc) is 3.26. The molecule has 2 unspecified atom stereocenters. The molecule has 5 nitrogen and oxygen atoms in total. The third-order valence-electron chi connectivity index (χ3n) is 4.90. The molecule has 2 aromatic carbocycles. The number of carbonyl (C=O) groups is 1. The minimum absolute atomic E-state index is 0.0993. The molecule has 0 saturated carbocycles. The van der Waals surface area contributed by atoms with Crippen LogP contribution in [0.5, 0.6) is 0 Å². The van der Waals surface area contributed by atoms with E-state index in [2.05, 4.69) is 41.2 Å². The Morgan fingerprint density at radius 3 is 2.60 bits per heavy atom. The van der Waals surface area contributed by atoms with Gasteiger partial charge in [-0.05, 0) is 50.2 Å². The number of nitrogens with one attached hydrogen (secondary N) is 1. The summed E-state index contributed by atoms with van der Waals surface area (Å²) in [5.41, 5.74) is 5.47. The maximum atomic E-state index is 12.9. The van der Waals surface area contributed by atoms with E-state index in [1.54, 1.807) is 23.1 Å². The van der Waals surface area contributed by atoms with Crippen LogP contribution in [0.25, 0.3) is 0 Å². The van der Waals surface area contributed by atoms with Crippen molar-refractivity contribution < 1.29 is 9.53 Å². The van der Waals surface area contributed by atoms with E-state index in [0.29, 0.717) is 5.56 Å². The van der Waals surface area contributed by atoms with Crippen LogP contribution in [-0.4, -0.2) is 36.2 Å². The number of amides is 1. The van der Waals surface area contributed by atoms with Crippen molar-refractivity contribution in [2.45, 2.75) is 36.7 Å². The number of thioether (sulfide) groups is 1. The molecule has 0 aliphatic carbocycles. The van der Waals surface area contributed by atoms with Gasteiger partial charge in [0.2, 0.25) is 0 Å². The fraction of sp³-hybridized carbons (Fsp3) is 0.304. The molecule has 1 aromatic heterocycles. The number of thiazole rings is 1. The molecule has 7 heteroatoms. The van der Waals surface area contributed by atoms with Gasteiger partial charge in [-0.25, -0.2) is 4.98 Å². The molecule has 4 rings (SSSR count). The molecule has 3 aromatic rings. The number of anilines is 2. The Morgan fingerprint density at radius 1 is 1.17 bits per heavy atom. The Morgan fingerprint density at radius 2 is 1.90 bits per heavy atom. The van der Waals surface area contributed by atoms with Crippen LogP contribution < -0.4 is 10.2 Å². The maximum Gasteiger partial charge on any atom is 0.256 e. The van der Waals surface area contributed by atoms with Crippen molar-refractivity contribution in [1.29, 1.82) is 0 Å². The molecular weight excluding hydrogens is 414 g/mol. The van der Waals surface area contributed by atoms with Gasteiger partial charge in [0, 0.05) is 40.5 Å². The molecule has 1 N–H and O–H groups in total. The van der Waals surface area contributed by atoms with Crippen LogP contribution >= 0.6 is 23.1 Å². The quantitative estimate of drug-likeness (QED) is 0.528. The lowest BCUT2D eigenvalue weighted by Crippen LogP contribution is -2.45. The van der Waals surface area contributed by atoms with E-state index in [-0.39, 0.29) is 18.1 Å². The number of nitrogens with zero attached hydrogens (tertiary/aromatic N) is 2. The lowest BCUT2D eigenvalue weighted by atomic mass is 10.1. The van der Waals surface area contributed by atoms with Gasteiger partial charge in [-0.2, -0.15) is 0 Å². The van der Waals surface area contributed by atoms with E-state index in [1.165, 1.54) is 0 Å². The van der Waals surface area contributed by atoms with Crippen molar-refractivity contribution in [2.75, 3.05) is 23.3 Å². The number of carbonyl (C=O) groups excluding carboxylic acids is 1.